The molecule has 1 nitrogen and oxygen atoms in total. The number of halogens is 2. The molecule has 0 aliphatic heterocycles. The Labute approximate surface area is 59.0 Å². The first-order valence-electron chi connectivity index (χ1n) is 2.34. The fourth-order valence-corrected chi connectivity index (χ4v) is 0.532. The van der Waals surface area contributed by atoms with Gasteiger partial charge < -0.3 is 0 Å². The van der Waals surface area contributed by atoms with E-state index in [0.717, 1.165) is 0 Å². The van der Waals surface area contributed by atoms with Gasteiger partial charge in [0.2, 0.25) is 0 Å². The van der Waals surface area contributed by atoms with Crippen LogP contribution in [-0.2, 0) is 4.79 Å². The van der Waals surface area contributed by atoms with E-state index < -0.39 is 4.84 Å². The Morgan fingerprint density at radius 1 is 1.50 bits per heavy atom. The minimum absolute atomic E-state index is 0.0278. The highest BCUT2D eigenvalue weighted by atomic mass is 35.5. The lowest BCUT2D eigenvalue weighted by Crippen LogP contribution is -2.13. The average Bonchev–Trinajstić information content (AvgIpc) is 1.64. The summed E-state index contributed by atoms with van der Waals surface area (Å²) in [7, 11) is 0. The van der Waals surface area contributed by atoms with Gasteiger partial charge in [0.25, 0.3) is 0 Å². The molecule has 0 rings (SSSR count). The molecule has 1 unspecified atom stereocenters. The lowest BCUT2D eigenvalue weighted by molar-refractivity contribution is -0.119. The van der Waals surface area contributed by atoms with Crippen molar-refractivity contribution in [3.63, 3.8) is 0 Å². The number of hydrogen-bond acceptors (Lipinski definition) is 1. The summed E-state index contributed by atoms with van der Waals surface area (Å²) in [5.41, 5.74) is 0. The SMILES string of the molecule is CC(=O)C(C)C(Cl)Cl. The van der Waals surface area contributed by atoms with Crippen LogP contribution in [0.15, 0.2) is 0 Å². The van der Waals surface area contributed by atoms with Gasteiger partial charge in [0.15, 0.2) is 0 Å². The Kier molecular flexibility index (Phi) is 3.41. The number of alkyl halides is 2. The predicted molar refractivity (Wildman–Crippen MR) is 35.3 cm³/mol. The third-order valence-corrected chi connectivity index (χ3v) is 1.78. The second-order valence-corrected chi connectivity index (χ2v) is 2.90. The van der Waals surface area contributed by atoms with Crippen molar-refractivity contribution in [2.75, 3.05) is 0 Å². The quantitative estimate of drug-likeness (QED) is 0.557. The maximum atomic E-state index is 10.4. The molecule has 8 heavy (non-hydrogen) atoms. The van der Waals surface area contributed by atoms with Gasteiger partial charge in [-0.2, -0.15) is 0 Å². The Hall–Kier alpha value is 0.250. The minimum Gasteiger partial charge on any atom is -0.300 e. The lowest BCUT2D eigenvalue weighted by atomic mass is 10.1. The van der Waals surface area contributed by atoms with Crippen LogP contribution in [0.3, 0.4) is 0 Å². The Morgan fingerprint density at radius 3 is 1.88 bits per heavy atom. The van der Waals surface area contributed by atoms with Gasteiger partial charge in [-0.1, -0.05) is 6.92 Å². The van der Waals surface area contributed by atoms with Crippen molar-refractivity contribution < 1.29 is 4.79 Å². The smallest absolute Gasteiger partial charge is 0.135 e. The van der Waals surface area contributed by atoms with E-state index in [0.29, 0.717) is 0 Å². The van der Waals surface area contributed by atoms with Gasteiger partial charge in [-0.15, -0.1) is 23.2 Å². The average molecular weight is 155 g/mol. The predicted octanol–water partition coefficient (Wildman–Crippen LogP) is 2.02. The zero-order chi connectivity index (χ0) is 6.73. The van der Waals surface area contributed by atoms with E-state index in [9.17, 15) is 4.79 Å². The number of hydrogen-bond donors (Lipinski definition) is 0. The topological polar surface area (TPSA) is 17.1 Å². The summed E-state index contributed by atoms with van der Waals surface area (Å²) < 4.78 is 0. The first-order chi connectivity index (χ1) is 3.55. The Bertz CT molecular complexity index is 90.4. The molecular weight excluding hydrogens is 147 g/mol. The first-order valence-corrected chi connectivity index (χ1v) is 3.21. The highest BCUT2D eigenvalue weighted by molar-refractivity contribution is 6.45. The number of rotatable bonds is 2. The third-order valence-electron chi connectivity index (χ3n) is 1.02. The van der Waals surface area contributed by atoms with E-state index >= 15 is 0 Å². The molecule has 0 spiro atoms. The summed E-state index contributed by atoms with van der Waals surface area (Å²) >= 11 is 10.7. The standard InChI is InChI=1S/C5H8Cl2O/c1-3(4(2)8)5(6)7/h3,5H,1-2H3. The van der Waals surface area contributed by atoms with Crippen LogP contribution in [0, 0.1) is 5.92 Å². The largest absolute Gasteiger partial charge is 0.300 e. The van der Waals surface area contributed by atoms with Gasteiger partial charge in [0.1, 0.15) is 10.6 Å². The molecule has 0 N–H and O–H groups in total. The molecule has 0 aromatic carbocycles. The van der Waals surface area contributed by atoms with Crippen LogP contribution in [0.2, 0.25) is 0 Å². The summed E-state index contributed by atoms with van der Waals surface area (Å²) in [6, 6.07) is 0. The van der Waals surface area contributed by atoms with E-state index in [1.54, 1.807) is 6.92 Å². The van der Waals surface area contributed by atoms with Crippen molar-refractivity contribution >= 4 is 29.0 Å². The summed E-state index contributed by atoms with van der Waals surface area (Å²) in [5, 5.41) is 0. The van der Waals surface area contributed by atoms with Crippen LogP contribution in [0.25, 0.3) is 0 Å². The van der Waals surface area contributed by atoms with Crippen molar-refractivity contribution in [3.8, 4) is 0 Å². The van der Waals surface area contributed by atoms with E-state index in [2.05, 4.69) is 0 Å². The molecule has 0 heterocycles. The number of carbonyl (C=O) groups excluding carboxylic acids is 1. The first kappa shape index (κ1) is 8.25. The normalized spacial score (nSPS) is 14.1. The molecule has 0 fully saturated rings. The molecule has 0 aromatic rings. The minimum atomic E-state index is -0.562. The van der Waals surface area contributed by atoms with E-state index in [1.807, 2.05) is 0 Å². The molecule has 0 aliphatic rings. The third kappa shape index (κ3) is 2.53. The summed E-state index contributed by atoms with van der Waals surface area (Å²) in [4.78, 5) is 9.85. The molecule has 0 aromatic heterocycles. The Morgan fingerprint density at radius 2 is 1.88 bits per heavy atom. The van der Waals surface area contributed by atoms with Crippen molar-refractivity contribution in [2.24, 2.45) is 5.92 Å². The number of Topliss-reactive ketones (excluding diaryl/α,β-unsaturated/α-hetero) is 1. The van der Waals surface area contributed by atoms with Crippen molar-refractivity contribution in [1.29, 1.82) is 0 Å². The molecule has 48 valence electrons. The highest BCUT2D eigenvalue weighted by Gasteiger charge is 2.14. The van der Waals surface area contributed by atoms with E-state index in [1.165, 1.54) is 6.92 Å². The summed E-state index contributed by atoms with van der Waals surface area (Å²) in [6.45, 7) is 3.18. The number of carbonyl (C=O) groups is 1. The maximum Gasteiger partial charge on any atom is 0.135 e. The molecule has 0 aliphatic carbocycles. The highest BCUT2D eigenvalue weighted by Crippen LogP contribution is 2.14. The van der Waals surface area contributed by atoms with Crippen molar-refractivity contribution in [3.05, 3.63) is 0 Å². The second kappa shape index (κ2) is 3.31. The van der Waals surface area contributed by atoms with E-state index in [4.69, 9.17) is 23.2 Å². The monoisotopic (exact) mass is 154 g/mol. The zero-order valence-electron chi connectivity index (χ0n) is 4.82. The van der Waals surface area contributed by atoms with Crippen molar-refractivity contribution in [1.82, 2.24) is 0 Å². The zero-order valence-corrected chi connectivity index (χ0v) is 6.33. The van der Waals surface area contributed by atoms with Gasteiger partial charge in [0.05, 0.1) is 0 Å². The van der Waals surface area contributed by atoms with Crippen LogP contribution in [-0.4, -0.2) is 10.6 Å². The second-order valence-electron chi connectivity index (χ2n) is 1.73. The van der Waals surface area contributed by atoms with Crippen LogP contribution >= 0.6 is 23.2 Å². The van der Waals surface area contributed by atoms with Gasteiger partial charge >= 0.3 is 0 Å². The van der Waals surface area contributed by atoms with Crippen LogP contribution < -0.4 is 0 Å². The molecule has 3 heteroatoms. The van der Waals surface area contributed by atoms with Crippen LogP contribution in [0.1, 0.15) is 13.8 Å². The van der Waals surface area contributed by atoms with Gasteiger partial charge in [-0.3, -0.25) is 4.79 Å². The molecule has 0 radical (unpaired) electrons. The number of ketones is 1. The molecule has 0 amide bonds. The fourth-order valence-electron chi connectivity index (χ4n) is 0.177. The summed E-state index contributed by atoms with van der Waals surface area (Å²) in [6.07, 6.45) is 0. The Balaban J connectivity index is 3.64. The molecule has 0 saturated carbocycles. The molecule has 0 saturated heterocycles. The lowest BCUT2D eigenvalue weighted by Gasteiger charge is -2.05. The molecule has 1 atom stereocenters. The van der Waals surface area contributed by atoms with E-state index in [-0.39, 0.29) is 11.7 Å². The molecule has 0 bridgehead atoms. The molecular formula is C5H8Cl2O. The van der Waals surface area contributed by atoms with Crippen LogP contribution in [0.4, 0.5) is 0 Å². The fraction of sp³-hybridized carbons (Fsp3) is 0.800. The summed E-state index contributed by atoms with van der Waals surface area (Å²) in [5.74, 6) is -0.210. The van der Waals surface area contributed by atoms with Crippen LogP contribution in [0.5, 0.6) is 0 Å². The van der Waals surface area contributed by atoms with Gasteiger partial charge in [-0.05, 0) is 6.92 Å². The van der Waals surface area contributed by atoms with Gasteiger partial charge in [0, 0.05) is 5.92 Å². The van der Waals surface area contributed by atoms with Gasteiger partial charge in [-0.25, -0.2) is 0 Å². The van der Waals surface area contributed by atoms with Crippen molar-refractivity contribution in [2.45, 2.75) is 18.7 Å². The maximum absolute atomic E-state index is 10.4.